The third-order valence-corrected chi connectivity index (χ3v) is 1.58. The van der Waals surface area contributed by atoms with Gasteiger partial charge >= 0.3 is 6.18 Å². The van der Waals surface area contributed by atoms with Gasteiger partial charge in [0.2, 0.25) is 0 Å². The van der Waals surface area contributed by atoms with E-state index in [2.05, 4.69) is 17.0 Å². The van der Waals surface area contributed by atoms with Gasteiger partial charge in [-0.2, -0.15) is 13.2 Å². The van der Waals surface area contributed by atoms with E-state index >= 15 is 0 Å². The number of halogens is 3. The predicted octanol–water partition coefficient (Wildman–Crippen LogP) is 2.35. The van der Waals surface area contributed by atoms with Crippen molar-refractivity contribution in [1.29, 1.82) is 0 Å². The Kier molecular flexibility index (Phi) is 7.89. The van der Waals surface area contributed by atoms with Gasteiger partial charge in [-0.25, -0.2) is 0 Å². The van der Waals surface area contributed by atoms with Crippen molar-refractivity contribution >= 4 is 0 Å². The summed E-state index contributed by atoms with van der Waals surface area (Å²) in [6, 6.07) is 0. The van der Waals surface area contributed by atoms with Crippen molar-refractivity contribution in [2.45, 2.75) is 32.4 Å². The van der Waals surface area contributed by atoms with E-state index in [9.17, 15) is 13.2 Å². The summed E-state index contributed by atoms with van der Waals surface area (Å²) in [4.78, 5) is 0. The van der Waals surface area contributed by atoms with Crippen molar-refractivity contribution in [3.8, 4) is 0 Å². The van der Waals surface area contributed by atoms with Crippen molar-refractivity contribution in [2.24, 2.45) is 0 Å². The van der Waals surface area contributed by atoms with Crippen molar-refractivity contribution in [2.75, 3.05) is 26.3 Å². The van der Waals surface area contributed by atoms with E-state index in [1.54, 1.807) is 0 Å². The van der Waals surface area contributed by atoms with Gasteiger partial charge in [0.05, 0.1) is 0 Å². The van der Waals surface area contributed by atoms with Crippen LogP contribution in [-0.2, 0) is 4.74 Å². The fourth-order valence-electron chi connectivity index (χ4n) is 0.944. The molecule has 0 saturated carbocycles. The number of alkyl halides is 3. The summed E-state index contributed by atoms with van der Waals surface area (Å²) < 4.78 is 39.2. The Morgan fingerprint density at radius 1 is 1.14 bits per heavy atom. The quantitative estimate of drug-likeness (QED) is 0.625. The topological polar surface area (TPSA) is 21.3 Å². The summed E-state index contributed by atoms with van der Waals surface area (Å²) in [7, 11) is 0. The molecule has 0 radical (unpaired) electrons. The van der Waals surface area contributed by atoms with Crippen molar-refractivity contribution < 1.29 is 17.9 Å². The first-order valence-corrected chi connectivity index (χ1v) is 4.91. The molecule has 0 aromatic heterocycles. The fraction of sp³-hybridized carbons (Fsp3) is 1.00. The number of rotatable bonds is 8. The Balaban J connectivity index is 2.99. The number of ether oxygens (including phenoxy) is 1. The van der Waals surface area contributed by atoms with Crippen LogP contribution in [-0.4, -0.2) is 32.5 Å². The van der Waals surface area contributed by atoms with E-state index in [1.165, 1.54) is 0 Å². The molecule has 0 rings (SSSR count). The third kappa shape index (κ3) is 11.7. The van der Waals surface area contributed by atoms with Gasteiger partial charge in [-0.1, -0.05) is 6.92 Å². The van der Waals surface area contributed by atoms with Crippen LogP contribution in [0, 0.1) is 0 Å². The molecule has 0 aliphatic heterocycles. The van der Waals surface area contributed by atoms with Crippen LogP contribution < -0.4 is 5.32 Å². The smallest absolute Gasteiger partial charge is 0.372 e. The minimum absolute atomic E-state index is 0.188. The van der Waals surface area contributed by atoms with E-state index in [0.717, 1.165) is 25.9 Å². The Morgan fingerprint density at radius 2 is 1.86 bits per heavy atom. The van der Waals surface area contributed by atoms with E-state index in [0.29, 0.717) is 6.42 Å². The van der Waals surface area contributed by atoms with Gasteiger partial charge in [0, 0.05) is 6.61 Å². The molecule has 1 N–H and O–H groups in total. The summed E-state index contributed by atoms with van der Waals surface area (Å²) in [5.74, 6) is 0. The lowest BCUT2D eigenvalue weighted by atomic mass is 10.3. The highest BCUT2D eigenvalue weighted by atomic mass is 19.4. The molecule has 0 aromatic carbocycles. The third-order valence-electron chi connectivity index (χ3n) is 1.58. The van der Waals surface area contributed by atoms with Crippen molar-refractivity contribution in [1.82, 2.24) is 5.32 Å². The normalized spacial score (nSPS) is 12.0. The van der Waals surface area contributed by atoms with Crippen LogP contribution in [0.3, 0.4) is 0 Å². The van der Waals surface area contributed by atoms with Gasteiger partial charge in [0.15, 0.2) is 0 Å². The molecule has 0 unspecified atom stereocenters. The van der Waals surface area contributed by atoms with Crippen LogP contribution in [0.5, 0.6) is 0 Å². The molecule has 14 heavy (non-hydrogen) atoms. The summed E-state index contributed by atoms with van der Waals surface area (Å²) in [5, 5.41) is 3.16. The molecule has 0 atom stereocenters. The zero-order chi connectivity index (χ0) is 10.9. The minimum atomic E-state index is -4.19. The lowest BCUT2D eigenvalue weighted by Gasteiger charge is -2.07. The largest absolute Gasteiger partial charge is 0.411 e. The summed E-state index contributed by atoms with van der Waals surface area (Å²) in [6.45, 7) is 2.94. The second kappa shape index (κ2) is 8.05. The van der Waals surface area contributed by atoms with Crippen LogP contribution >= 0.6 is 0 Å². The van der Waals surface area contributed by atoms with Crippen LogP contribution in [0.15, 0.2) is 0 Å². The summed E-state index contributed by atoms with van der Waals surface area (Å²) in [5.41, 5.74) is 0. The first-order chi connectivity index (χ1) is 6.56. The number of hydrogen-bond acceptors (Lipinski definition) is 2. The average molecular weight is 213 g/mol. The second-order valence-corrected chi connectivity index (χ2v) is 3.12. The zero-order valence-electron chi connectivity index (χ0n) is 8.49. The second-order valence-electron chi connectivity index (χ2n) is 3.12. The molecule has 2 nitrogen and oxygen atoms in total. The molecule has 86 valence electrons. The molecule has 0 saturated heterocycles. The first-order valence-electron chi connectivity index (χ1n) is 4.91. The van der Waals surface area contributed by atoms with E-state index < -0.39 is 12.8 Å². The monoisotopic (exact) mass is 213 g/mol. The average Bonchev–Trinajstić information content (AvgIpc) is 2.08. The highest BCUT2D eigenvalue weighted by Gasteiger charge is 2.26. The van der Waals surface area contributed by atoms with Gasteiger partial charge in [-0.15, -0.1) is 0 Å². The molecular formula is C9H18F3NO. The molecule has 0 spiro atoms. The molecular weight excluding hydrogens is 195 g/mol. The van der Waals surface area contributed by atoms with Crippen LogP contribution in [0.1, 0.15) is 26.2 Å². The Bertz CT molecular complexity index is 128. The maximum absolute atomic E-state index is 11.6. The SMILES string of the molecule is CCCNCCCCOCC(F)(F)F. The maximum atomic E-state index is 11.6. The van der Waals surface area contributed by atoms with Gasteiger partial charge in [0.25, 0.3) is 0 Å². The molecule has 0 heterocycles. The van der Waals surface area contributed by atoms with Crippen molar-refractivity contribution in [3.63, 3.8) is 0 Å². The maximum Gasteiger partial charge on any atom is 0.411 e. The predicted molar refractivity (Wildman–Crippen MR) is 49.3 cm³/mol. The highest BCUT2D eigenvalue weighted by molar-refractivity contribution is 4.48. The standard InChI is InChI=1S/C9H18F3NO/c1-2-5-13-6-3-4-7-14-8-9(10,11)12/h13H,2-8H2,1H3. The van der Waals surface area contributed by atoms with Crippen molar-refractivity contribution in [3.05, 3.63) is 0 Å². The van der Waals surface area contributed by atoms with Crippen LogP contribution in [0.25, 0.3) is 0 Å². The summed E-state index contributed by atoms with van der Waals surface area (Å²) in [6.07, 6.45) is -1.59. The molecule has 0 aromatic rings. The Labute approximate surface area is 82.8 Å². The van der Waals surface area contributed by atoms with Gasteiger partial charge in [-0.05, 0) is 32.4 Å². The van der Waals surface area contributed by atoms with Gasteiger partial charge in [-0.3, -0.25) is 0 Å². The van der Waals surface area contributed by atoms with E-state index in [1.807, 2.05) is 0 Å². The van der Waals surface area contributed by atoms with Gasteiger partial charge in [0.1, 0.15) is 6.61 Å². The number of hydrogen-bond donors (Lipinski definition) is 1. The first kappa shape index (κ1) is 13.7. The van der Waals surface area contributed by atoms with Crippen LogP contribution in [0.4, 0.5) is 13.2 Å². The Hall–Kier alpha value is -0.290. The van der Waals surface area contributed by atoms with E-state index in [-0.39, 0.29) is 6.61 Å². The molecule has 0 fully saturated rings. The molecule has 0 bridgehead atoms. The molecule has 5 heteroatoms. The zero-order valence-corrected chi connectivity index (χ0v) is 8.49. The Morgan fingerprint density at radius 3 is 2.43 bits per heavy atom. The lowest BCUT2D eigenvalue weighted by molar-refractivity contribution is -0.174. The number of unbranched alkanes of at least 4 members (excludes halogenated alkanes) is 1. The van der Waals surface area contributed by atoms with Crippen LogP contribution in [0.2, 0.25) is 0 Å². The molecule has 0 aliphatic carbocycles. The minimum Gasteiger partial charge on any atom is -0.372 e. The molecule has 0 amide bonds. The summed E-state index contributed by atoms with van der Waals surface area (Å²) >= 11 is 0. The molecule has 0 aliphatic rings. The lowest BCUT2D eigenvalue weighted by Crippen LogP contribution is -2.19. The number of nitrogens with one attached hydrogen (secondary N) is 1. The highest BCUT2D eigenvalue weighted by Crippen LogP contribution is 2.14. The van der Waals surface area contributed by atoms with E-state index in [4.69, 9.17) is 0 Å². The fourth-order valence-corrected chi connectivity index (χ4v) is 0.944. The van der Waals surface area contributed by atoms with Gasteiger partial charge < -0.3 is 10.1 Å².